The fourth-order valence-corrected chi connectivity index (χ4v) is 2.41. The van der Waals surface area contributed by atoms with E-state index in [1.165, 1.54) is 0 Å². The maximum atomic E-state index is 12.6. The summed E-state index contributed by atoms with van der Waals surface area (Å²) in [6, 6.07) is 18.3. The number of anilines is 2. The minimum Gasteiger partial charge on any atom is -0.455 e. The first-order valence-corrected chi connectivity index (χ1v) is 8.96. The molecular formula is C21H22N4O2. The lowest BCUT2D eigenvalue weighted by molar-refractivity contribution is 0.102. The van der Waals surface area contributed by atoms with Crippen LogP contribution in [0.2, 0.25) is 0 Å². The van der Waals surface area contributed by atoms with E-state index in [-0.39, 0.29) is 5.91 Å². The number of hydrogen-bond acceptors (Lipinski definition) is 5. The number of benzene rings is 2. The first-order valence-electron chi connectivity index (χ1n) is 8.96. The van der Waals surface area contributed by atoms with Gasteiger partial charge in [-0.05, 0) is 36.8 Å². The number of ether oxygens (including phenoxy) is 1. The SMILES string of the molecule is CCCCNc1nccc(C(=O)Nc2ccccc2Oc2ccccc2)n1. The van der Waals surface area contributed by atoms with E-state index in [1.807, 2.05) is 42.5 Å². The van der Waals surface area contributed by atoms with Crippen LogP contribution in [-0.4, -0.2) is 22.4 Å². The molecule has 6 heteroatoms. The predicted molar refractivity (Wildman–Crippen MR) is 106 cm³/mol. The number of carbonyl (C=O) groups is 1. The van der Waals surface area contributed by atoms with Crippen molar-refractivity contribution in [3.63, 3.8) is 0 Å². The summed E-state index contributed by atoms with van der Waals surface area (Å²) in [6.45, 7) is 2.89. The minimum absolute atomic E-state index is 0.290. The first kappa shape index (κ1) is 18.4. The van der Waals surface area contributed by atoms with Crippen LogP contribution in [0.25, 0.3) is 0 Å². The number of unbranched alkanes of at least 4 members (excludes halogenated alkanes) is 1. The van der Waals surface area contributed by atoms with Crippen molar-refractivity contribution in [1.82, 2.24) is 9.97 Å². The molecule has 0 unspecified atom stereocenters. The molecule has 0 spiro atoms. The maximum Gasteiger partial charge on any atom is 0.274 e. The van der Waals surface area contributed by atoms with Gasteiger partial charge in [0.25, 0.3) is 5.91 Å². The van der Waals surface area contributed by atoms with Crippen LogP contribution >= 0.6 is 0 Å². The number of carbonyl (C=O) groups excluding carboxylic acids is 1. The third-order valence-electron chi connectivity index (χ3n) is 3.81. The molecule has 0 saturated carbocycles. The summed E-state index contributed by atoms with van der Waals surface area (Å²) in [5, 5.41) is 5.98. The summed E-state index contributed by atoms with van der Waals surface area (Å²) in [7, 11) is 0. The Morgan fingerprint density at radius 1 is 1.04 bits per heavy atom. The van der Waals surface area contributed by atoms with E-state index >= 15 is 0 Å². The second-order valence-corrected chi connectivity index (χ2v) is 5.91. The zero-order chi connectivity index (χ0) is 18.9. The lowest BCUT2D eigenvalue weighted by atomic mass is 10.2. The van der Waals surface area contributed by atoms with Crippen LogP contribution < -0.4 is 15.4 Å². The number of rotatable bonds is 8. The highest BCUT2D eigenvalue weighted by molar-refractivity contribution is 6.03. The van der Waals surface area contributed by atoms with Crippen LogP contribution in [0.4, 0.5) is 11.6 Å². The van der Waals surface area contributed by atoms with Gasteiger partial charge < -0.3 is 15.4 Å². The molecule has 2 N–H and O–H groups in total. The van der Waals surface area contributed by atoms with Gasteiger partial charge in [0.05, 0.1) is 5.69 Å². The van der Waals surface area contributed by atoms with Gasteiger partial charge in [-0.3, -0.25) is 4.79 Å². The van der Waals surface area contributed by atoms with Crippen molar-refractivity contribution >= 4 is 17.5 Å². The van der Waals surface area contributed by atoms with Crippen LogP contribution in [0.15, 0.2) is 66.9 Å². The third-order valence-corrected chi connectivity index (χ3v) is 3.81. The molecule has 0 aliphatic carbocycles. The van der Waals surface area contributed by atoms with Crippen molar-refractivity contribution in [3.8, 4) is 11.5 Å². The van der Waals surface area contributed by atoms with E-state index in [0.717, 1.165) is 19.4 Å². The highest BCUT2D eigenvalue weighted by Crippen LogP contribution is 2.29. The second-order valence-electron chi connectivity index (χ2n) is 5.91. The summed E-state index contributed by atoms with van der Waals surface area (Å²) < 4.78 is 5.88. The molecule has 0 atom stereocenters. The molecule has 27 heavy (non-hydrogen) atoms. The van der Waals surface area contributed by atoms with Crippen LogP contribution in [-0.2, 0) is 0 Å². The van der Waals surface area contributed by atoms with Crippen molar-refractivity contribution in [2.75, 3.05) is 17.2 Å². The summed E-state index contributed by atoms with van der Waals surface area (Å²) in [4.78, 5) is 21.0. The molecule has 1 aromatic heterocycles. The topological polar surface area (TPSA) is 76.1 Å². The van der Waals surface area contributed by atoms with Crippen LogP contribution in [0.3, 0.4) is 0 Å². The highest BCUT2D eigenvalue weighted by atomic mass is 16.5. The number of nitrogens with one attached hydrogen (secondary N) is 2. The van der Waals surface area contributed by atoms with Gasteiger partial charge in [-0.1, -0.05) is 43.7 Å². The lowest BCUT2D eigenvalue weighted by Crippen LogP contribution is -2.16. The van der Waals surface area contributed by atoms with Crippen molar-refractivity contribution < 1.29 is 9.53 Å². The Balaban J connectivity index is 1.72. The summed E-state index contributed by atoms with van der Waals surface area (Å²) in [5.41, 5.74) is 0.865. The molecule has 0 aliphatic heterocycles. The predicted octanol–water partition coefficient (Wildman–Crippen LogP) is 4.73. The van der Waals surface area contributed by atoms with Crippen LogP contribution in [0.5, 0.6) is 11.5 Å². The van der Waals surface area contributed by atoms with Gasteiger partial charge in [-0.25, -0.2) is 9.97 Å². The average Bonchev–Trinajstić information content (AvgIpc) is 2.71. The lowest BCUT2D eigenvalue weighted by Gasteiger charge is -2.12. The zero-order valence-electron chi connectivity index (χ0n) is 15.2. The first-order chi connectivity index (χ1) is 13.3. The Labute approximate surface area is 158 Å². The number of amides is 1. The second kappa shape index (κ2) is 9.33. The maximum absolute atomic E-state index is 12.6. The smallest absolute Gasteiger partial charge is 0.274 e. The van der Waals surface area contributed by atoms with Gasteiger partial charge in [0, 0.05) is 12.7 Å². The molecule has 3 aromatic rings. The number of nitrogens with zero attached hydrogens (tertiary/aromatic N) is 2. The Hall–Kier alpha value is -3.41. The molecule has 138 valence electrons. The fraction of sp³-hybridized carbons (Fsp3) is 0.190. The quantitative estimate of drug-likeness (QED) is 0.566. The van der Waals surface area contributed by atoms with Crippen molar-refractivity contribution in [2.45, 2.75) is 19.8 Å². The van der Waals surface area contributed by atoms with Crippen molar-refractivity contribution in [1.29, 1.82) is 0 Å². The standard InChI is InChI=1S/C21H22N4O2/c1-2-3-14-22-21-23-15-13-18(25-21)20(26)24-17-11-7-8-12-19(17)27-16-9-5-4-6-10-16/h4-13,15H,2-3,14H2,1H3,(H,24,26)(H,22,23,25). The molecule has 1 amide bonds. The van der Waals surface area contributed by atoms with Crippen molar-refractivity contribution in [2.24, 2.45) is 0 Å². The van der Waals surface area contributed by atoms with Gasteiger partial charge >= 0.3 is 0 Å². The monoisotopic (exact) mass is 362 g/mol. The van der Waals surface area contributed by atoms with Gasteiger partial charge in [-0.15, -0.1) is 0 Å². The Bertz CT molecular complexity index is 884. The normalized spacial score (nSPS) is 10.3. The van der Waals surface area contributed by atoms with Gasteiger partial charge in [0.2, 0.25) is 5.95 Å². The molecule has 1 heterocycles. The summed E-state index contributed by atoms with van der Waals surface area (Å²) >= 11 is 0. The van der Waals surface area contributed by atoms with Crippen molar-refractivity contribution in [3.05, 3.63) is 72.6 Å². The number of aromatic nitrogens is 2. The summed E-state index contributed by atoms with van der Waals surface area (Å²) in [5.74, 6) is 1.39. The van der Waals surface area contributed by atoms with E-state index in [0.29, 0.717) is 28.8 Å². The van der Waals surface area contributed by atoms with Gasteiger partial charge in [-0.2, -0.15) is 0 Å². The van der Waals surface area contributed by atoms with Gasteiger partial charge in [0.1, 0.15) is 11.4 Å². The molecule has 6 nitrogen and oxygen atoms in total. The van der Waals surface area contributed by atoms with E-state index in [4.69, 9.17) is 4.74 Å². The Morgan fingerprint density at radius 2 is 1.81 bits per heavy atom. The average molecular weight is 362 g/mol. The Kier molecular flexibility index (Phi) is 6.35. The molecule has 3 rings (SSSR count). The molecule has 0 fully saturated rings. The van der Waals surface area contributed by atoms with Crippen LogP contribution in [0, 0.1) is 0 Å². The Morgan fingerprint density at radius 3 is 2.63 bits per heavy atom. The van der Waals surface area contributed by atoms with E-state index in [2.05, 4.69) is 27.5 Å². The molecule has 0 saturated heterocycles. The molecule has 0 bridgehead atoms. The number of hydrogen-bond donors (Lipinski definition) is 2. The third kappa shape index (κ3) is 5.28. The zero-order valence-corrected chi connectivity index (χ0v) is 15.2. The number of para-hydroxylation sites is 3. The highest BCUT2D eigenvalue weighted by Gasteiger charge is 2.12. The van der Waals surface area contributed by atoms with E-state index in [9.17, 15) is 4.79 Å². The molecular weight excluding hydrogens is 340 g/mol. The largest absolute Gasteiger partial charge is 0.455 e. The molecule has 0 radical (unpaired) electrons. The van der Waals surface area contributed by atoms with Gasteiger partial charge in [0.15, 0.2) is 5.75 Å². The van der Waals surface area contributed by atoms with Crippen LogP contribution in [0.1, 0.15) is 30.3 Å². The minimum atomic E-state index is -0.319. The molecule has 2 aromatic carbocycles. The fourth-order valence-electron chi connectivity index (χ4n) is 2.41. The van der Waals surface area contributed by atoms with E-state index < -0.39 is 0 Å². The van der Waals surface area contributed by atoms with E-state index in [1.54, 1.807) is 24.4 Å². The molecule has 0 aliphatic rings. The summed E-state index contributed by atoms with van der Waals surface area (Å²) in [6.07, 6.45) is 3.66.